The molecule has 3 aliphatic rings. The SMILES string of the molecule is O=C[C@]12CCC(=O)C=C1CCCC21OCCO1. The van der Waals surface area contributed by atoms with Crippen LogP contribution >= 0.6 is 0 Å². The maximum Gasteiger partial charge on any atom is 0.184 e. The summed E-state index contributed by atoms with van der Waals surface area (Å²) in [5, 5.41) is 0. The normalized spacial score (nSPS) is 35.5. The summed E-state index contributed by atoms with van der Waals surface area (Å²) < 4.78 is 11.5. The quantitative estimate of drug-likeness (QED) is 0.645. The second-order valence-electron chi connectivity index (χ2n) is 5.03. The number of rotatable bonds is 1. The van der Waals surface area contributed by atoms with Gasteiger partial charge in [0.15, 0.2) is 11.6 Å². The molecule has 0 aromatic rings. The lowest BCUT2D eigenvalue weighted by molar-refractivity contribution is -0.232. The Morgan fingerprint density at radius 1 is 1.18 bits per heavy atom. The molecule has 3 rings (SSSR count). The van der Waals surface area contributed by atoms with Gasteiger partial charge in [0.2, 0.25) is 0 Å². The van der Waals surface area contributed by atoms with E-state index in [0.29, 0.717) is 26.1 Å². The van der Waals surface area contributed by atoms with Gasteiger partial charge in [-0.25, -0.2) is 0 Å². The minimum absolute atomic E-state index is 0.118. The van der Waals surface area contributed by atoms with E-state index in [0.717, 1.165) is 31.1 Å². The Bertz CT molecular complexity index is 392. The van der Waals surface area contributed by atoms with Gasteiger partial charge in [0.25, 0.3) is 0 Å². The molecule has 1 spiro atoms. The third kappa shape index (κ3) is 1.37. The van der Waals surface area contributed by atoms with Crippen molar-refractivity contribution in [3.05, 3.63) is 11.6 Å². The van der Waals surface area contributed by atoms with E-state index < -0.39 is 11.2 Å². The molecule has 0 bridgehead atoms. The van der Waals surface area contributed by atoms with E-state index in [2.05, 4.69) is 0 Å². The second-order valence-corrected chi connectivity index (χ2v) is 5.03. The molecule has 4 nitrogen and oxygen atoms in total. The van der Waals surface area contributed by atoms with Gasteiger partial charge in [-0.2, -0.15) is 0 Å². The van der Waals surface area contributed by atoms with Crippen molar-refractivity contribution in [1.82, 2.24) is 0 Å². The minimum atomic E-state index is -0.792. The first-order valence-electron chi connectivity index (χ1n) is 6.21. The molecule has 0 aromatic heterocycles. The van der Waals surface area contributed by atoms with Gasteiger partial charge in [0.1, 0.15) is 11.7 Å². The molecule has 0 unspecified atom stereocenters. The first-order valence-corrected chi connectivity index (χ1v) is 6.21. The number of aldehydes is 1. The Morgan fingerprint density at radius 3 is 2.65 bits per heavy atom. The molecule has 0 N–H and O–H groups in total. The third-order valence-corrected chi connectivity index (χ3v) is 4.26. The zero-order valence-electron chi connectivity index (χ0n) is 9.74. The van der Waals surface area contributed by atoms with E-state index in [1.165, 1.54) is 0 Å². The number of fused-ring (bicyclic) bond motifs is 2. The first-order chi connectivity index (χ1) is 8.22. The summed E-state index contributed by atoms with van der Waals surface area (Å²) in [7, 11) is 0. The van der Waals surface area contributed by atoms with Crippen LogP contribution in [0.2, 0.25) is 0 Å². The summed E-state index contributed by atoms with van der Waals surface area (Å²) in [4.78, 5) is 23.2. The van der Waals surface area contributed by atoms with Crippen LogP contribution in [0.4, 0.5) is 0 Å². The molecule has 1 saturated heterocycles. The van der Waals surface area contributed by atoms with Gasteiger partial charge in [-0.3, -0.25) is 4.79 Å². The largest absolute Gasteiger partial charge is 0.346 e. The van der Waals surface area contributed by atoms with Gasteiger partial charge >= 0.3 is 0 Å². The zero-order valence-corrected chi connectivity index (χ0v) is 9.74. The molecule has 1 aliphatic heterocycles. The van der Waals surface area contributed by atoms with Crippen molar-refractivity contribution in [3.8, 4) is 0 Å². The third-order valence-electron chi connectivity index (χ3n) is 4.26. The molecule has 1 heterocycles. The summed E-state index contributed by atoms with van der Waals surface area (Å²) in [6.07, 6.45) is 6.00. The van der Waals surface area contributed by atoms with E-state index in [1.807, 2.05) is 0 Å². The lowest BCUT2D eigenvalue weighted by Crippen LogP contribution is -2.55. The Hall–Kier alpha value is -1.00. The van der Waals surface area contributed by atoms with Crippen molar-refractivity contribution in [3.63, 3.8) is 0 Å². The molecule has 1 atom stereocenters. The van der Waals surface area contributed by atoms with Crippen molar-refractivity contribution in [2.75, 3.05) is 13.2 Å². The number of hydrogen-bond donors (Lipinski definition) is 0. The Morgan fingerprint density at radius 2 is 1.94 bits per heavy atom. The fourth-order valence-corrected chi connectivity index (χ4v) is 3.42. The maximum atomic E-state index is 11.7. The smallest absolute Gasteiger partial charge is 0.184 e. The van der Waals surface area contributed by atoms with Crippen molar-refractivity contribution in [2.45, 2.75) is 37.9 Å². The summed E-state index contributed by atoms with van der Waals surface area (Å²) in [5.41, 5.74) is 0.201. The summed E-state index contributed by atoms with van der Waals surface area (Å²) >= 11 is 0. The molecule has 0 aromatic carbocycles. The van der Waals surface area contributed by atoms with Gasteiger partial charge in [-0.1, -0.05) is 0 Å². The number of hydrogen-bond acceptors (Lipinski definition) is 4. The Kier molecular flexibility index (Phi) is 2.45. The summed E-state index contributed by atoms with van der Waals surface area (Å²) in [5.74, 6) is -0.674. The van der Waals surface area contributed by atoms with E-state index in [4.69, 9.17) is 9.47 Å². The number of carbonyl (C=O) groups is 2. The molecule has 0 amide bonds. The van der Waals surface area contributed by atoms with Crippen molar-refractivity contribution in [2.24, 2.45) is 5.41 Å². The zero-order chi connectivity index (χ0) is 11.9. The highest BCUT2D eigenvalue weighted by Crippen LogP contribution is 2.55. The predicted molar refractivity (Wildman–Crippen MR) is 59.3 cm³/mol. The number of allylic oxidation sites excluding steroid dienone is 1. The molecule has 1 saturated carbocycles. The summed E-state index contributed by atoms with van der Waals surface area (Å²) in [6, 6.07) is 0. The van der Waals surface area contributed by atoms with Gasteiger partial charge < -0.3 is 14.3 Å². The van der Waals surface area contributed by atoms with Crippen LogP contribution in [0.25, 0.3) is 0 Å². The minimum Gasteiger partial charge on any atom is -0.346 e. The van der Waals surface area contributed by atoms with Crippen molar-refractivity contribution < 1.29 is 19.1 Å². The van der Waals surface area contributed by atoms with Crippen LogP contribution < -0.4 is 0 Å². The number of carbonyl (C=O) groups excluding carboxylic acids is 2. The van der Waals surface area contributed by atoms with Gasteiger partial charge in [0.05, 0.1) is 13.2 Å². The second kappa shape index (κ2) is 3.75. The van der Waals surface area contributed by atoms with E-state index >= 15 is 0 Å². The average molecular weight is 236 g/mol. The molecular weight excluding hydrogens is 220 g/mol. The standard InChI is InChI=1S/C13H16O4/c14-9-12-5-3-11(15)8-10(12)2-1-4-13(12)16-6-7-17-13/h8-9H,1-7H2/t12-/m1/s1. The molecule has 17 heavy (non-hydrogen) atoms. The number of ether oxygens (including phenoxy) is 2. The molecule has 4 heteroatoms. The molecule has 92 valence electrons. The van der Waals surface area contributed by atoms with Crippen LogP contribution in [0.1, 0.15) is 32.1 Å². The van der Waals surface area contributed by atoms with Crippen LogP contribution in [-0.4, -0.2) is 31.1 Å². The topological polar surface area (TPSA) is 52.6 Å². The monoisotopic (exact) mass is 236 g/mol. The van der Waals surface area contributed by atoms with Crippen LogP contribution in [0.5, 0.6) is 0 Å². The molecule has 0 radical (unpaired) electrons. The average Bonchev–Trinajstić information content (AvgIpc) is 2.79. The van der Waals surface area contributed by atoms with E-state index in [1.54, 1.807) is 6.08 Å². The highest BCUT2D eigenvalue weighted by molar-refractivity contribution is 5.93. The summed E-state index contributed by atoms with van der Waals surface area (Å²) in [6.45, 7) is 1.08. The van der Waals surface area contributed by atoms with Crippen LogP contribution in [0, 0.1) is 5.41 Å². The lowest BCUT2D eigenvalue weighted by atomic mass is 9.61. The van der Waals surface area contributed by atoms with E-state index in [9.17, 15) is 9.59 Å². The predicted octanol–water partition coefficient (Wildman–Crippen LogP) is 1.39. The fraction of sp³-hybridized carbons (Fsp3) is 0.692. The maximum absolute atomic E-state index is 11.7. The van der Waals surface area contributed by atoms with Gasteiger partial charge in [0, 0.05) is 12.8 Å². The highest BCUT2D eigenvalue weighted by atomic mass is 16.7. The lowest BCUT2D eigenvalue weighted by Gasteiger charge is -2.49. The van der Waals surface area contributed by atoms with Crippen LogP contribution in [0.15, 0.2) is 11.6 Å². The Labute approximate surface area is 100.0 Å². The first kappa shape index (κ1) is 11.1. The Balaban J connectivity index is 2.09. The highest BCUT2D eigenvalue weighted by Gasteiger charge is 2.60. The fourth-order valence-electron chi connectivity index (χ4n) is 3.42. The van der Waals surface area contributed by atoms with E-state index in [-0.39, 0.29) is 5.78 Å². The molecule has 2 fully saturated rings. The van der Waals surface area contributed by atoms with Gasteiger partial charge in [-0.15, -0.1) is 0 Å². The molecule has 2 aliphatic carbocycles. The van der Waals surface area contributed by atoms with Crippen LogP contribution in [-0.2, 0) is 19.1 Å². The van der Waals surface area contributed by atoms with Gasteiger partial charge in [-0.05, 0) is 30.9 Å². The van der Waals surface area contributed by atoms with Crippen molar-refractivity contribution >= 4 is 12.1 Å². The number of ketones is 1. The van der Waals surface area contributed by atoms with Crippen molar-refractivity contribution in [1.29, 1.82) is 0 Å². The van der Waals surface area contributed by atoms with Crippen LogP contribution in [0.3, 0.4) is 0 Å². The molecular formula is C13H16O4.